The number of halogens is 2. The molecule has 122 valence electrons. The topological polar surface area (TPSA) is 41.1 Å². The molecule has 0 radical (unpaired) electrons. The van der Waals surface area contributed by atoms with Gasteiger partial charge in [0.05, 0.1) is 5.69 Å². The molecule has 0 aliphatic rings. The van der Waals surface area contributed by atoms with Gasteiger partial charge in [0.2, 0.25) is 5.91 Å². The number of rotatable bonds is 6. The molecule has 2 aromatic carbocycles. The molecular weight excluding hydrogens is 298 g/mol. The lowest BCUT2D eigenvalue weighted by molar-refractivity contribution is -0.115. The maximum absolute atomic E-state index is 13.4. The van der Waals surface area contributed by atoms with Gasteiger partial charge in [0.1, 0.15) is 11.6 Å². The highest BCUT2D eigenvalue weighted by Gasteiger charge is 2.06. The number of carbonyl (C=O) groups is 1. The van der Waals surface area contributed by atoms with Gasteiger partial charge in [-0.15, -0.1) is 0 Å². The lowest BCUT2D eigenvalue weighted by atomic mass is 10.0. The molecule has 0 unspecified atom stereocenters. The first-order valence-electron chi connectivity index (χ1n) is 7.54. The summed E-state index contributed by atoms with van der Waals surface area (Å²) in [7, 11) is 0. The summed E-state index contributed by atoms with van der Waals surface area (Å²) in [6.45, 7) is 4.47. The average molecular weight is 318 g/mol. The SMILES string of the molecule is CC(C)c1ccc(NC(=O)CCNc2ccc(F)cc2F)cc1. The van der Waals surface area contributed by atoms with Crippen LogP contribution in [-0.4, -0.2) is 12.5 Å². The van der Waals surface area contributed by atoms with Crippen molar-refractivity contribution in [2.45, 2.75) is 26.2 Å². The Morgan fingerprint density at radius 1 is 1.09 bits per heavy atom. The number of nitrogens with one attached hydrogen (secondary N) is 2. The summed E-state index contributed by atoms with van der Waals surface area (Å²) in [6.07, 6.45) is 0.183. The molecule has 5 heteroatoms. The van der Waals surface area contributed by atoms with Crippen LogP contribution in [-0.2, 0) is 4.79 Å². The number of anilines is 2. The van der Waals surface area contributed by atoms with Crippen molar-refractivity contribution in [1.82, 2.24) is 0 Å². The second kappa shape index (κ2) is 7.72. The summed E-state index contributed by atoms with van der Waals surface area (Å²) in [5.41, 5.74) is 2.12. The summed E-state index contributed by atoms with van der Waals surface area (Å²) in [4.78, 5) is 11.9. The quantitative estimate of drug-likeness (QED) is 0.821. The van der Waals surface area contributed by atoms with Gasteiger partial charge in [-0.3, -0.25) is 4.79 Å². The molecule has 23 heavy (non-hydrogen) atoms. The van der Waals surface area contributed by atoms with Crippen molar-refractivity contribution in [2.75, 3.05) is 17.2 Å². The van der Waals surface area contributed by atoms with Crippen molar-refractivity contribution in [3.63, 3.8) is 0 Å². The number of benzene rings is 2. The molecule has 0 heterocycles. The summed E-state index contributed by atoms with van der Waals surface area (Å²) in [6, 6.07) is 11.0. The smallest absolute Gasteiger partial charge is 0.226 e. The Balaban J connectivity index is 1.80. The predicted molar refractivity (Wildman–Crippen MR) is 88.6 cm³/mol. The van der Waals surface area contributed by atoms with E-state index in [9.17, 15) is 13.6 Å². The summed E-state index contributed by atoms with van der Waals surface area (Å²) in [5.74, 6) is -1.03. The van der Waals surface area contributed by atoms with E-state index in [0.29, 0.717) is 5.92 Å². The minimum Gasteiger partial charge on any atom is -0.382 e. The number of carbonyl (C=O) groups excluding carboxylic acids is 1. The fourth-order valence-electron chi connectivity index (χ4n) is 2.12. The zero-order valence-corrected chi connectivity index (χ0v) is 13.2. The lowest BCUT2D eigenvalue weighted by Crippen LogP contribution is -2.16. The maximum Gasteiger partial charge on any atom is 0.226 e. The Morgan fingerprint density at radius 2 is 1.78 bits per heavy atom. The van der Waals surface area contributed by atoms with Crippen LogP contribution in [0.5, 0.6) is 0 Å². The Kier molecular flexibility index (Phi) is 5.68. The number of amides is 1. The molecule has 0 saturated carbocycles. The molecule has 0 atom stereocenters. The zero-order chi connectivity index (χ0) is 16.8. The van der Waals surface area contributed by atoms with Gasteiger partial charge in [0.15, 0.2) is 0 Å². The molecule has 0 bridgehead atoms. The van der Waals surface area contributed by atoms with E-state index >= 15 is 0 Å². The molecule has 2 aromatic rings. The van der Waals surface area contributed by atoms with E-state index in [1.54, 1.807) is 0 Å². The van der Waals surface area contributed by atoms with E-state index in [4.69, 9.17) is 0 Å². The van der Waals surface area contributed by atoms with Crippen molar-refractivity contribution in [3.05, 3.63) is 59.7 Å². The van der Waals surface area contributed by atoms with E-state index in [1.165, 1.54) is 17.7 Å². The van der Waals surface area contributed by atoms with Crippen LogP contribution >= 0.6 is 0 Å². The normalized spacial score (nSPS) is 10.7. The third-order valence-electron chi connectivity index (χ3n) is 3.46. The van der Waals surface area contributed by atoms with Crippen molar-refractivity contribution >= 4 is 17.3 Å². The standard InChI is InChI=1S/C18H20F2N2O/c1-12(2)13-3-6-15(7-4-13)22-18(23)9-10-21-17-8-5-14(19)11-16(17)20/h3-8,11-12,21H,9-10H2,1-2H3,(H,22,23). The van der Waals surface area contributed by atoms with Crippen LogP contribution in [0.25, 0.3) is 0 Å². The van der Waals surface area contributed by atoms with Crippen molar-refractivity contribution in [1.29, 1.82) is 0 Å². The number of hydrogen-bond acceptors (Lipinski definition) is 2. The summed E-state index contributed by atoms with van der Waals surface area (Å²) in [5, 5.41) is 5.56. The van der Waals surface area contributed by atoms with Gasteiger partial charge in [-0.1, -0.05) is 26.0 Å². The highest BCUT2D eigenvalue weighted by Crippen LogP contribution is 2.17. The molecule has 0 aliphatic heterocycles. The van der Waals surface area contributed by atoms with Crippen LogP contribution in [0.15, 0.2) is 42.5 Å². The van der Waals surface area contributed by atoms with Crippen molar-refractivity contribution in [3.8, 4) is 0 Å². The van der Waals surface area contributed by atoms with E-state index in [0.717, 1.165) is 11.8 Å². The highest BCUT2D eigenvalue weighted by molar-refractivity contribution is 5.91. The Morgan fingerprint density at radius 3 is 2.39 bits per heavy atom. The minimum atomic E-state index is -0.672. The fourth-order valence-corrected chi connectivity index (χ4v) is 2.12. The summed E-state index contributed by atoms with van der Waals surface area (Å²) >= 11 is 0. The second-order valence-corrected chi connectivity index (χ2v) is 5.63. The van der Waals surface area contributed by atoms with E-state index in [2.05, 4.69) is 24.5 Å². The van der Waals surface area contributed by atoms with Crippen LogP contribution in [0.3, 0.4) is 0 Å². The van der Waals surface area contributed by atoms with E-state index in [1.807, 2.05) is 24.3 Å². The molecule has 2 rings (SSSR count). The largest absolute Gasteiger partial charge is 0.382 e. The maximum atomic E-state index is 13.4. The molecule has 0 saturated heterocycles. The molecule has 0 spiro atoms. The first-order valence-corrected chi connectivity index (χ1v) is 7.54. The van der Waals surface area contributed by atoms with Crippen LogP contribution in [0, 0.1) is 11.6 Å². The first-order chi connectivity index (χ1) is 11.0. The molecule has 0 aliphatic carbocycles. The minimum absolute atomic E-state index is 0.169. The van der Waals surface area contributed by atoms with Gasteiger partial charge < -0.3 is 10.6 Å². The van der Waals surface area contributed by atoms with Crippen molar-refractivity contribution < 1.29 is 13.6 Å². The van der Waals surface area contributed by atoms with Crippen LogP contribution < -0.4 is 10.6 Å². The van der Waals surface area contributed by atoms with Gasteiger partial charge in [-0.05, 0) is 35.7 Å². The highest BCUT2D eigenvalue weighted by atomic mass is 19.1. The molecule has 3 nitrogen and oxygen atoms in total. The van der Waals surface area contributed by atoms with Gasteiger partial charge >= 0.3 is 0 Å². The molecule has 0 aromatic heterocycles. The monoisotopic (exact) mass is 318 g/mol. The van der Waals surface area contributed by atoms with Crippen molar-refractivity contribution in [2.24, 2.45) is 0 Å². The number of hydrogen-bond donors (Lipinski definition) is 2. The van der Waals surface area contributed by atoms with Crippen LogP contribution in [0.4, 0.5) is 20.2 Å². The third-order valence-corrected chi connectivity index (χ3v) is 3.46. The first kappa shape index (κ1) is 16.9. The third kappa shape index (κ3) is 5.06. The van der Waals surface area contributed by atoms with E-state index in [-0.39, 0.29) is 24.6 Å². The van der Waals surface area contributed by atoms with Crippen LogP contribution in [0.2, 0.25) is 0 Å². The Labute approximate surface area is 134 Å². The van der Waals surface area contributed by atoms with Gasteiger partial charge in [-0.2, -0.15) is 0 Å². The lowest BCUT2D eigenvalue weighted by Gasteiger charge is -2.10. The van der Waals surface area contributed by atoms with Gasteiger partial charge in [-0.25, -0.2) is 8.78 Å². The zero-order valence-electron chi connectivity index (χ0n) is 13.2. The summed E-state index contributed by atoms with van der Waals surface area (Å²) < 4.78 is 26.2. The van der Waals surface area contributed by atoms with Gasteiger partial charge in [0.25, 0.3) is 0 Å². The van der Waals surface area contributed by atoms with Crippen LogP contribution in [0.1, 0.15) is 31.7 Å². The predicted octanol–water partition coefficient (Wildman–Crippen LogP) is 4.53. The fraction of sp³-hybridized carbons (Fsp3) is 0.278. The molecular formula is C18H20F2N2O. The van der Waals surface area contributed by atoms with E-state index < -0.39 is 11.6 Å². The van der Waals surface area contributed by atoms with Gasteiger partial charge in [0, 0.05) is 24.7 Å². The Hall–Kier alpha value is -2.43. The Bertz CT molecular complexity index is 669. The second-order valence-electron chi connectivity index (χ2n) is 5.63. The molecule has 0 fully saturated rings. The molecule has 2 N–H and O–H groups in total. The molecule has 1 amide bonds. The average Bonchev–Trinajstić information content (AvgIpc) is 2.50.